The van der Waals surface area contributed by atoms with Crippen molar-refractivity contribution in [3.63, 3.8) is 0 Å². The first-order valence-electron chi connectivity index (χ1n) is 5.80. The van der Waals surface area contributed by atoms with Crippen LogP contribution < -0.4 is 10.6 Å². The second-order valence-corrected chi connectivity index (χ2v) is 5.64. The van der Waals surface area contributed by atoms with Gasteiger partial charge in [-0.2, -0.15) is 5.26 Å². The fourth-order valence-corrected chi connectivity index (χ4v) is 2.86. The summed E-state index contributed by atoms with van der Waals surface area (Å²) < 4.78 is 0.851. The van der Waals surface area contributed by atoms with Gasteiger partial charge in [0.1, 0.15) is 6.07 Å². The Balaban J connectivity index is 2.22. The van der Waals surface area contributed by atoms with Gasteiger partial charge in [0.2, 0.25) is 0 Å². The number of hydrogen-bond acceptors (Lipinski definition) is 3. The molecule has 0 saturated carbocycles. The summed E-state index contributed by atoms with van der Waals surface area (Å²) in [5.41, 5.74) is 7.85. The Morgan fingerprint density at radius 1 is 1.47 bits per heavy atom. The van der Waals surface area contributed by atoms with Crippen molar-refractivity contribution < 1.29 is 0 Å². The van der Waals surface area contributed by atoms with E-state index in [1.165, 1.54) is 0 Å². The van der Waals surface area contributed by atoms with Crippen molar-refractivity contribution >= 4 is 21.6 Å². The summed E-state index contributed by atoms with van der Waals surface area (Å²) in [5, 5.41) is 8.89. The molecule has 1 saturated heterocycles. The Labute approximate surface area is 110 Å². The van der Waals surface area contributed by atoms with Crippen molar-refractivity contribution in [2.45, 2.75) is 19.4 Å². The molecule has 4 heteroatoms. The zero-order valence-electron chi connectivity index (χ0n) is 9.86. The van der Waals surface area contributed by atoms with E-state index < -0.39 is 0 Å². The lowest BCUT2D eigenvalue weighted by Gasteiger charge is -2.36. The van der Waals surface area contributed by atoms with Crippen LogP contribution >= 0.6 is 15.9 Å². The van der Waals surface area contributed by atoms with Crippen molar-refractivity contribution in [3.05, 3.63) is 28.2 Å². The van der Waals surface area contributed by atoms with E-state index in [2.05, 4.69) is 33.8 Å². The maximum atomic E-state index is 8.89. The van der Waals surface area contributed by atoms with E-state index in [0.717, 1.165) is 29.7 Å². The molecule has 0 bridgehead atoms. The Hall–Kier alpha value is -1.05. The van der Waals surface area contributed by atoms with Crippen LogP contribution in [0.4, 0.5) is 5.69 Å². The molecule has 1 fully saturated rings. The Kier molecular flexibility index (Phi) is 3.70. The lowest BCUT2D eigenvalue weighted by atomic mass is 9.96. The van der Waals surface area contributed by atoms with Crippen LogP contribution in [-0.4, -0.2) is 19.1 Å². The molecule has 2 rings (SSSR count). The molecule has 0 aromatic heterocycles. The number of halogens is 1. The summed E-state index contributed by atoms with van der Waals surface area (Å²) in [6.45, 7) is 4.15. The molecule has 0 aliphatic carbocycles. The number of hydrogen-bond donors (Lipinski definition) is 1. The normalized spacial score (nSPS) is 24.5. The van der Waals surface area contributed by atoms with Gasteiger partial charge < -0.3 is 10.6 Å². The smallest absolute Gasteiger partial charge is 0.100 e. The van der Waals surface area contributed by atoms with Crippen LogP contribution in [-0.2, 0) is 0 Å². The number of anilines is 1. The highest BCUT2D eigenvalue weighted by atomic mass is 79.9. The van der Waals surface area contributed by atoms with Crippen molar-refractivity contribution in [1.82, 2.24) is 0 Å². The first-order chi connectivity index (χ1) is 8.10. The minimum atomic E-state index is 0.244. The Morgan fingerprint density at radius 2 is 2.24 bits per heavy atom. The molecule has 2 unspecified atom stereocenters. The van der Waals surface area contributed by atoms with E-state index in [0.29, 0.717) is 11.5 Å². The highest BCUT2D eigenvalue weighted by molar-refractivity contribution is 9.10. The molecule has 1 heterocycles. The van der Waals surface area contributed by atoms with Crippen LogP contribution in [0.15, 0.2) is 22.7 Å². The first-order valence-corrected chi connectivity index (χ1v) is 6.59. The quantitative estimate of drug-likeness (QED) is 0.865. The highest BCUT2D eigenvalue weighted by Crippen LogP contribution is 2.27. The molecular formula is C13H16BrN3. The molecule has 3 nitrogen and oxygen atoms in total. The van der Waals surface area contributed by atoms with Gasteiger partial charge in [-0.15, -0.1) is 0 Å². The summed E-state index contributed by atoms with van der Waals surface area (Å²) in [7, 11) is 0. The zero-order chi connectivity index (χ0) is 12.4. The number of piperidine rings is 1. The average Bonchev–Trinajstić information content (AvgIpc) is 2.27. The standard InChI is InChI=1S/C13H16BrN3/c1-9-4-11(16)8-17(7-9)12-3-2-10(6-15)13(14)5-12/h2-3,5,9,11H,4,7-8,16H2,1H3. The van der Waals surface area contributed by atoms with Gasteiger partial charge in [0.25, 0.3) is 0 Å². The third kappa shape index (κ3) is 2.80. The van der Waals surface area contributed by atoms with Crippen molar-refractivity contribution in [2.24, 2.45) is 11.7 Å². The zero-order valence-corrected chi connectivity index (χ0v) is 11.4. The molecule has 1 aliphatic rings. The van der Waals surface area contributed by atoms with Gasteiger partial charge in [-0.3, -0.25) is 0 Å². The topological polar surface area (TPSA) is 53.0 Å². The predicted molar refractivity (Wildman–Crippen MR) is 72.8 cm³/mol. The average molecular weight is 294 g/mol. The minimum Gasteiger partial charge on any atom is -0.370 e. The second-order valence-electron chi connectivity index (χ2n) is 4.78. The fraction of sp³-hybridized carbons (Fsp3) is 0.462. The van der Waals surface area contributed by atoms with Gasteiger partial charge in [-0.05, 0) is 46.5 Å². The highest BCUT2D eigenvalue weighted by Gasteiger charge is 2.22. The van der Waals surface area contributed by atoms with Crippen LogP contribution in [0.25, 0.3) is 0 Å². The lowest BCUT2D eigenvalue weighted by molar-refractivity contribution is 0.401. The van der Waals surface area contributed by atoms with Gasteiger partial charge in [0.05, 0.1) is 5.56 Å². The van der Waals surface area contributed by atoms with Gasteiger partial charge in [0, 0.05) is 29.3 Å². The molecule has 17 heavy (non-hydrogen) atoms. The molecule has 2 atom stereocenters. The predicted octanol–water partition coefficient (Wildman–Crippen LogP) is 2.49. The van der Waals surface area contributed by atoms with Crippen LogP contribution in [0.2, 0.25) is 0 Å². The van der Waals surface area contributed by atoms with Gasteiger partial charge in [-0.25, -0.2) is 0 Å². The number of rotatable bonds is 1. The number of benzene rings is 1. The Bertz CT molecular complexity index is 442. The van der Waals surface area contributed by atoms with E-state index in [1.54, 1.807) is 0 Å². The molecular weight excluding hydrogens is 278 g/mol. The number of nitriles is 1. The molecule has 0 radical (unpaired) electrons. The molecule has 90 valence electrons. The molecule has 1 aromatic carbocycles. The molecule has 1 aromatic rings. The van der Waals surface area contributed by atoms with Crippen LogP contribution in [0.5, 0.6) is 0 Å². The van der Waals surface area contributed by atoms with E-state index in [4.69, 9.17) is 11.0 Å². The first kappa shape index (κ1) is 12.4. The van der Waals surface area contributed by atoms with E-state index in [1.807, 2.05) is 18.2 Å². The minimum absolute atomic E-state index is 0.244. The van der Waals surface area contributed by atoms with Crippen molar-refractivity contribution in [3.8, 4) is 6.07 Å². The summed E-state index contributed by atoms with van der Waals surface area (Å²) in [5.74, 6) is 0.619. The third-order valence-corrected chi connectivity index (χ3v) is 3.79. The van der Waals surface area contributed by atoms with Crippen molar-refractivity contribution in [2.75, 3.05) is 18.0 Å². The van der Waals surface area contributed by atoms with Gasteiger partial charge >= 0.3 is 0 Å². The summed E-state index contributed by atoms with van der Waals surface area (Å²) in [6, 6.07) is 8.25. The van der Waals surface area contributed by atoms with Crippen LogP contribution in [0.1, 0.15) is 18.9 Å². The summed E-state index contributed by atoms with van der Waals surface area (Å²) in [4.78, 5) is 2.30. The number of nitrogens with two attached hydrogens (primary N) is 1. The largest absolute Gasteiger partial charge is 0.370 e. The fourth-order valence-electron chi connectivity index (χ4n) is 2.40. The molecule has 1 aliphatic heterocycles. The van der Waals surface area contributed by atoms with E-state index in [9.17, 15) is 0 Å². The summed E-state index contributed by atoms with van der Waals surface area (Å²) in [6.07, 6.45) is 1.09. The maximum Gasteiger partial charge on any atom is 0.100 e. The molecule has 0 spiro atoms. The lowest BCUT2D eigenvalue weighted by Crippen LogP contribution is -2.46. The maximum absolute atomic E-state index is 8.89. The van der Waals surface area contributed by atoms with E-state index >= 15 is 0 Å². The SMILES string of the molecule is CC1CC(N)CN(c2ccc(C#N)c(Br)c2)C1. The molecule has 2 N–H and O–H groups in total. The van der Waals surface area contributed by atoms with E-state index in [-0.39, 0.29) is 6.04 Å². The van der Waals surface area contributed by atoms with Crippen molar-refractivity contribution in [1.29, 1.82) is 5.26 Å². The molecule has 0 amide bonds. The number of nitrogens with zero attached hydrogens (tertiary/aromatic N) is 2. The third-order valence-electron chi connectivity index (χ3n) is 3.13. The van der Waals surface area contributed by atoms with Gasteiger partial charge in [-0.1, -0.05) is 6.92 Å². The summed E-state index contributed by atoms with van der Waals surface area (Å²) >= 11 is 3.42. The van der Waals surface area contributed by atoms with Crippen LogP contribution in [0, 0.1) is 17.2 Å². The monoisotopic (exact) mass is 293 g/mol. The second kappa shape index (κ2) is 5.07. The van der Waals surface area contributed by atoms with Crippen LogP contribution in [0.3, 0.4) is 0 Å². The van der Waals surface area contributed by atoms with Gasteiger partial charge in [0.15, 0.2) is 0 Å². The Morgan fingerprint density at radius 3 is 2.82 bits per heavy atom.